The summed E-state index contributed by atoms with van der Waals surface area (Å²) in [6, 6.07) is 15.5. The number of benzene rings is 2. The fourth-order valence-electron chi connectivity index (χ4n) is 3.15. The van der Waals surface area contributed by atoms with E-state index in [9.17, 15) is 0 Å². The van der Waals surface area contributed by atoms with Crippen LogP contribution in [-0.2, 0) is 6.42 Å². The SMILES string of the molecule is COc1cc(C)ccc1C(C)NCC1Cc2ccccc21. The van der Waals surface area contributed by atoms with Gasteiger partial charge in [-0.25, -0.2) is 0 Å². The van der Waals surface area contributed by atoms with E-state index >= 15 is 0 Å². The number of nitrogens with one attached hydrogen (secondary N) is 1. The van der Waals surface area contributed by atoms with E-state index in [0.29, 0.717) is 12.0 Å². The second-order valence-corrected chi connectivity index (χ2v) is 5.98. The van der Waals surface area contributed by atoms with Crippen LogP contribution in [0.2, 0.25) is 0 Å². The van der Waals surface area contributed by atoms with Crippen LogP contribution in [0.4, 0.5) is 0 Å². The highest BCUT2D eigenvalue weighted by Gasteiger charge is 2.25. The van der Waals surface area contributed by atoms with Gasteiger partial charge in [-0.15, -0.1) is 0 Å². The van der Waals surface area contributed by atoms with E-state index < -0.39 is 0 Å². The Hall–Kier alpha value is -1.80. The number of hydrogen-bond acceptors (Lipinski definition) is 2. The van der Waals surface area contributed by atoms with Crippen molar-refractivity contribution in [3.8, 4) is 5.75 Å². The summed E-state index contributed by atoms with van der Waals surface area (Å²) < 4.78 is 5.51. The third-order valence-corrected chi connectivity index (χ3v) is 4.49. The van der Waals surface area contributed by atoms with Crippen LogP contribution in [0.3, 0.4) is 0 Å². The van der Waals surface area contributed by atoms with Gasteiger partial charge in [0.1, 0.15) is 5.75 Å². The first-order chi connectivity index (χ1) is 10.2. The van der Waals surface area contributed by atoms with Crippen molar-refractivity contribution >= 4 is 0 Å². The summed E-state index contributed by atoms with van der Waals surface area (Å²) in [7, 11) is 1.74. The molecule has 2 unspecified atom stereocenters. The zero-order valence-corrected chi connectivity index (χ0v) is 13.0. The minimum absolute atomic E-state index is 0.299. The van der Waals surface area contributed by atoms with E-state index in [-0.39, 0.29) is 0 Å². The zero-order chi connectivity index (χ0) is 14.8. The van der Waals surface area contributed by atoms with Crippen LogP contribution in [0.1, 0.15) is 41.1 Å². The number of methoxy groups -OCH3 is 1. The van der Waals surface area contributed by atoms with Gasteiger partial charge < -0.3 is 10.1 Å². The van der Waals surface area contributed by atoms with Gasteiger partial charge in [-0.3, -0.25) is 0 Å². The molecule has 2 nitrogen and oxygen atoms in total. The van der Waals surface area contributed by atoms with Crippen molar-refractivity contribution in [1.29, 1.82) is 0 Å². The monoisotopic (exact) mass is 281 g/mol. The van der Waals surface area contributed by atoms with E-state index in [0.717, 1.165) is 12.3 Å². The van der Waals surface area contributed by atoms with Gasteiger partial charge in [-0.05, 0) is 43.0 Å². The van der Waals surface area contributed by atoms with Gasteiger partial charge in [0.15, 0.2) is 0 Å². The summed E-state index contributed by atoms with van der Waals surface area (Å²) in [5.74, 6) is 1.63. The number of fused-ring (bicyclic) bond motifs is 1. The molecule has 21 heavy (non-hydrogen) atoms. The summed E-state index contributed by atoms with van der Waals surface area (Å²) in [5.41, 5.74) is 5.48. The topological polar surface area (TPSA) is 21.3 Å². The van der Waals surface area contributed by atoms with Gasteiger partial charge >= 0.3 is 0 Å². The molecule has 0 saturated carbocycles. The molecule has 2 atom stereocenters. The molecule has 2 aromatic carbocycles. The van der Waals surface area contributed by atoms with Crippen LogP contribution in [0, 0.1) is 6.92 Å². The highest BCUT2D eigenvalue weighted by atomic mass is 16.5. The molecule has 0 spiro atoms. The summed E-state index contributed by atoms with van der Waals surface area (Å²) in [5, 5.41) is 3.66. The first-order valence-electron chi connectivity index (χ1n) is 7.64. The Morgan fingerprint density at radius 2 is 2.05 bits per heavy atom. The lowest BCUT2D eigenvalue weighted by atomic mass is 9.77. The summed E-state index contributed by atoms with van der Waals surface area (Å²) >= 11 is 0. The van der Waals surface area contributed by atoms with Crippen LogP contribution < -0.4 is 10.1 Å². The molecule has 0 radical (unpaired) electrons. The first-order valence-corrected chi connectivity index (χ1v) is 7.64. The minimum Gasteiger partial charge on any atom is -0.496 e. The first kappa shape index (κ1) is 14.2. The third kappa shape index (κ3) is 2.81. The Labute approximate surface area is 127 Å². The second-order valence-electron chi connectivity index (χ2n) is 5.98. The van der Waals surface area contributed by atoms with Gasteiger partial charge in [0.2, 0.25) is 0 Å². The van der Waals surface area contributed by atoms with Gasteiger partial charge in [0.05, 0.1) is 7.11 Å². The molecule has 0 heterocycles. The third-order valence-electron chi connectivity index (χ3n) is 4.49. The fourth-order valence-corrected chi connectivity index (χ4v) is 3.15. The van der Waals surface area contributed by atoms with Crippen molar-refractivity contribution in [1.82, 2.24) is 5.32 Å². The average molecular weight is 281 g/mol. The van der Waals surface area contributed by atoms with Gasteiger partial charge in [0.25, 0.3) is 0 Å². The van der Waals surface area contributed by atoms with Crippen molar-refractivity contribution in [2.24, 2.45) is 0 Å². The van der Waals surface area contributed by atoms with Crippen molar-refractivity contribution < 1.29 is 4.74 Å². The maximum atomic E-state index is 5.51. The predicted molar refractivity (Wildman–Crippen MR) is 87.0 cm³/mol. The van der Waals surface area contributed by atoms with Crippen molar-refractivity contribution in [3.63, 3.8) is 0 Å². The van der Waals surface area contributed by atoms with Crippen LogP contribution >= 0.6 is 0 Å². The fraction of sp³-hybridized carbons (Fsp3) is 0.368. The maximum Gasteiger partial charge on any atom is 0.123 e. The molecule has 0 aliphatic heterocycles. The second kappa shape index (κ2) is 5.90. The van der Waals surface area contributed by atoms with Crippen LogP contribution in [0.5, 0.6) is 5.75 Å². The van der Waals surface area contributed by atoms with E-state index in [1.54, 1.807) is 7.11 Å². The van der Waals surface area contributed by atoms with Crippen molar-refractivity contribution in [3.05, 3.63) is 64.7 Å². The molecule has 3 rings (SSSR count). The van der Waals surface area contributed by atoms with E-state index in [2.05, 4.69) is 61.6 Å². The number of rotatable bonds is 5. The molecule has 1 aliphatic carbocycles. The largest absolute Gasteiger partial charge is 0.496 e. The van der Waals surface area contributed by atoms with Crippen LogP contribution in [0.15, 0.2) is 42.5 Å². The van der Waals surface area contributed by atoms with Crippen molar-refractivity contribution in [2.45, 2.75) is 32.2 Å². The van der Waals surface area contributed by atoms with Gasteiger partial charge in [-0.1, -0.05) is 36.4 Å². The lowest BCUT2D eigenvalue weighted by Crippen LogP contribution is -2.30. The highest BCUT2D eigenvalue weighted by Crippen LogP contribution is 2.35. The Morgan fingerprint density at radius 3 is 2.81 bits per heavy atom. The Bertz CT molecular complexity index is 635. The Kier molecular flexibility index (Phi) is 3.98. The molecule has 0 saturated heterocycles. The molecule has 110 valence electrons. The molecule has 0 fully saturated rings. The average Bonchev–Trinajstić information content (AvgIpc) is 2.47. The van der Waals surface area contributed by atoms with Crippen LogP contribution in [-0.4, -0.2) is 13.7 Å². The smallest absolute Gasteiger partial charge is 0.123 e. The molecular formula is C19H23NO. The summed E-state index contributed by atoms with van der Waals surface area (Å²) in [6.45, 7) is 5.32. The summed E-state index contributed by atoms with van der Waals surface area (Å²) in [6.07, 6.45) is 1.20. The molecule has 2 heteroatoms. The molecule has 0 bridgehead atoms. The van der Waals surface area contributed by atoms with Crippen molar-refractivity contribution in [2.75, 3.05) is 13.7 Å². The summed E-state index contributed by atoms with van der Waals surface area (Å²) in [4.78, 5) is 0. The van der Waals surface area contributed by atoms with E-state index in [1.807, 2.05) is 0 Å². The predicted octanol–water partition coefficient (Wildman–Crippen LogP) is 3.99. The molecule has 2 aromatic rings. The zero-order valence-electron chi connectivity index (χ0n) is 13.0. The highest BCUT2D eigenvalue weighted by molar-refractivity contribution is 5.41. The number of ether oxygens (including phenoxy) is 1. The van der Waals surface area contributed by atoms with E-state index in [4.69, 9.17) is 4.74 Å². The van der Waals surface area contributed by atoms with Gasteiger partial charge in [0, 0.05) is 24.1 Å². The lowest BCUT2D eigenvalue weighted by Gasteiger charge is -2.31. The Balaban J connectivity index is 1.64. The number of aryl methyl sites for hydroxylation is 1. The molecule has 0 amide bonds. The molecule has 1 N–H and O–H groups in total. The lowest BCUT2D eigenvalue weighted by molar-refractivity contribution is 0.398. The normalized spacial score (nSPS) is 17.8. The van der Waals surface area contributed by atoms with Gasteiger partial charge in [-0.2, -0.15) is 0 Å². The standard InChI is InChI=1S/C19H23NO/c1-13-8-9-17(19(10-13)21-3)14(2)20-12-16-11-15-6-4-5-7-18(15)16/h4-10,14,16,20H,11-12H2,1-3H3. The maximum absolute atomic E-state index is 5.51. The number of hydrogen-bond donors (Lipinski definition) is 1. The molecule has 0 aromatic heterocycles. The Morgan fingerprint density at radius 1 is 1.24 bits per heavy atom. The minimum atomic E-state index is 0.299. The van der Waals surface area contributed by atoms with Crippen LogP contribution in [0.25, 0.3) is 0 Å². The van der Waals surface area contributed by atoms with E-state index in [1.165, 1.54) is 28.7 Å². The molecule has 1 aliphatic rings. The quantitative estimate of drug-likeness (QED) is 0.894. The molecular weight excluding hydrogens is 258 g/mol.